The fraction of sp³-hybridized carbons (Fsp3) is 0.538. The van der Waals surface area contributed by atoms with Gasteiger partial charge < -0.3 is 10.1 Å². The van der Waals surface area contributed by atoms with Crippen LogP contribution in [0.2, 0.25) is 10.0 Å². The Morgan fingerprint density at radius 1 is 1.24 bits per heavy atom. The first kappa shape index (κ1) is 14.8. The standard InChI is InChI=1S/C13H19Cl2NO/c1-8(2)13(17-4)12(16-3)9-6-5-7-10(14)11(9)15/h5-8,12-13,16H,1-4H3. The minimum atomic E-state index is 0.0335. The van der Waals surface area contributed by atoms with Gasteiger partial charge in [0, 0.05) is 7.11 Å². The van der Waals surface area contributed by atoms with Crippen LogP contribution in [0.1, 0.15) is 25.5 Å². The van der Waals surface area contributed by atoms with Crippen LogP contribution in [0.5, 0.6) is 0 Å². The first-order chi connectivity index (χ1) is 8.02. The number of likely N-dealkylation sites (N-methyl/N-ethyl adjacent to an activating group) is 1. The predicted molar refractivity (Wildman–Crippen MR) is 73.9 cm³/mol. The van der Waals surface area contributed by atoms with E-state index in [4.69, 9.17) is 27.9 Å². The molecule has 0 radical (unpaired) electrons. The number of hydrogen-bond acceptors (Lipinski definition) is 2. The van der Waals surface area contributed by atoms with E-state index in [-0.39, 0.29) is 12.1 Å². The van der Waals surface area contributed by atoms with Crippen LogP contribution >= 0.6 is 23.2 Å². The number of methoxy groups -OCH3 is 1. The Hall–Kier alpha value is -0.280. The van der Waals surface area contributed by atoms with Crippen molar-refractivity contribution in [2.24, 2.45) is 5.92 Å². The molecule has 0 spiro atoms. The van der Waals surface area contributed by atoms with Gasteiger partial charge >= 0.3 is 0 Å². The highest BCUT2D eigenvalue weighted by Crippen LogP contribution is 2.33. The predicted octanol–water partition coefficient (Wildman–Crippen LogP) is 3.92. The second-order valence-corrected chi connectivity index (χ2v) is 5.14. The molecule has 1 rings (SSSR count). The Labute approximate surface area is 113 Å². The third-order valence-corrected chi connectivity index (χ3v) is 3.72. The number of nitrogens with one attached hydrogen (secondary N) is 1. The average Bonchev–Trinajstić information content (AvgIpc) is 2.29. The van der Waals surface area contributed by atoms with E-state index in [1.165, 1.54) is 0 Å². The van der Waals surface area contributed by atoms with Gasteiger partial charge in [-0.1, -0.05) is 49.2 Å². The van der Waals surface area contributed by atoms with Crippen molar-refractivity contribution >= 4 is 23.2 Å². The molecule has 0 aliphatic rings. The second-order valence-electron chi connectivity index (χ2n) is 4.35. The summed E-state index contributed by atoms with van der Waals surface area (Å²) in [6.07, 6.45) is 0.0518. The Morgan fingerprint density at radius 2 is 1.88 bits per heavy atom. The Morgan fingerprint density at radius 3 is 2.35 bits per heavy atom. The summed E-state index contributed by atoms with van der Waals surface area (Å²) in [7, 11) is 3.61. The second kappa shape index (κ2) is 6.60. The van der Waals surface area contributed by atoms with Crippen LogP contribution in [0.3, 0.4) is 0 Å². The van der Waals surface area contributed by atoms with Gasteiger partial charge in [0.1, 0.15) is 0 Å². The van der Waals surface area contributed by atoms with Gasteiger partial charge in [-0.15, -0.1) is 0 Å². The van der Waals surface area contributed by atoms with E-state index >= 15 is 0 Å². The van der Waals surface area contributed by atoms with Crippen LogP contribution in [-0.4, -0.2) is 20.3 Å². The zero-order valence-electron chi connectivity index (χ0n) is 10.6. The number of benzene rings is 1. The Bertz CT molecular complexity index is 368. The van der Waals surface area contributed by atoms with Crippen LogP contribution in [0.25, 0.3) is 0 Å². The Kier molecular flexibility index (Phi) is 5.74. The monoisotopic (exact) mass is 275 g/mol. The lowest BCUT2D eigenvalue weighted by molar-refractivity contribution is 0.0348. The maximum absolute atomic E-state index is 6.24. The smallest absolute Gasteiger partial charge is 0.0789 e. The van der Waals surface area contributed by atoms with Crippen molar-refractivity contribution in [2.45, 2.75) is 26.0 Å². The molecule has 0 aliphatic heterocycles. The molecule has 0 aromatic heterocycles. The van der Waals surface area contributed by atoms with Crippen LogP contribution in [0.15, 0.2) is 18.2 Å². The molecule has 0 amide bonds. The average molecular weight is 276 g/mol. The molecule has 0 fully saturated rings. The molecular formula is C13H19Cl2NO. The van der Waals surface area contributed by atoms with Gasteiger partial charge in [-0.05, 0) is 24.6 Å². The number of rotatable bonds is 5. The molecule has 2 atom stereocenters. The molecule has 4 heteroatoms. The lowest BCUT2D eigenvalue weighted by Crippen LogP contribution is -2.35. The van der Waals surface area contributed by atoms with E-state index in [9.17, 15) is 0 Å². The van der Waals surface area contributed by atoms with E-state index in [0.29, 0.717) is 16.0 Å². The lowest BCUT2D eigenvalue weighted by atomic mass is 9.93. The van der Waals surface area contributed by atoms with Crippen LogP contribution in [0.4, 0.5) is 0 Å². The fourth-order valence-corrected chi connectivity index (χ4v) is 2.48. The minimum Gasteiger partial charge on any atom is -0.379 e. The topological polar surface area (TPSA) is 21.3 Å². The van der Waals surface area contributed by atoms with Gasteiger partial charge in [-0.25, -0.2) is 0 Å². The van der Waals surface area contributed by atoms with Crippen molar-refractivity contribution < 1.29 is 4.74 Å². The van der Waals surface area contributed by atoms with Crippen molar-refractivity contribution in [3.05, 3.63) is 33.8 Å². The van der Waals surface area contributed by atoms with Gasteiger partial charge in [0.2, 0.25) is 0 Å². The van der Waals surface area contributed by atoms with E-state index in [0.717, 1.165) is 5.56 Å². The third-order valence-electron chi connectivity index (χ3n) is 2.89. The van der Waals surface area contributed by atoms with Gasteiger partial charge in [-0.3, -0.25) is 0 Å². The third kappa shape index (κ3) is 3.35. The molecule has 1 aromatic carbocycles. The van der Waals surface area contributed by atoms with Crippen LogP contribution in [-0.2, 0) is 4.74 Å². The lowest BCUT2D eigenvalue weighted by Gasteiger charge is -2.29. The molecule has 1 N–H and O–H groups in total. The van der Waals surface area contributed by atoms with Gasteiger partial charge in [-0.2, -0.15) is 0 Å². The summed E-state index contributed by atoms with van der Waals surface area (Å²) in [5, 5.41) is 4.42. The molecular weight excluding hydrogens is 257 g/mol. The molecule has 0 aliphatic carbocycles. The van der Waals surface area contributed by atoms with Gasteiger partial charge in [0.05, 0.1) is 22.2 Å². The fourth-order valence-electron chi connectivity index (χ4n) is 2.05. The first-order valence-electron chi connectivity index (χ1n) is 5.66. The normalized spacial score (nSPS) is 15.0. The summed E-state index contributed by atoms with van der Waals surface area (Å²) in [6.45, 7) is 4.24. The number of halogens is 2. The molecule has 1 aromatic rings. The molecule has 0 saturated heterocycles. The molecule has 2 nitrogen and oxygen atoms in total. The summed E-state index contributed by atoms with van der Waals surface area (Å²) >= 11 is 12.3. The van der Waals surface area contributed by atoms with Gasteiger partial charge in [0.25, 0.3) is 0 Å². The molecule has 0 heterocycles. The highest BCUT2D eigenvalue weighted by molar-refractivity contribution is 6.42. The highest BCUT2D eigenvalue weighted by atomic mass is 35.5. The van der Waals surface area contributed by atoms with Crippen molar-refractivity contribution in [1.29, 1.82) is 0 Å². The summed E-state index contributed by atoms with van der Waals surface area (Å²) < 4.78 is 5.55. The summed E-state index contributed by atoms with van der Waals surface area (Å²) in [5.74, 6) is 0.382. The molecule has 17 heavy (non-hydrogen) atoms. The molecule has 0 bridgehead atoms. The summed E-state index contributed by atoms with van der Waals surface area (Å²) in [5.41, 5.74) is 0.974. The highest BCUT2D eigenvalue weighted by Gasteiger charge is 2.26. The SMILES string of the molecule is CNC(c1cccc(Cl)c1Cl)C(OC)C(C)C. The Balaban J connectivity index is 3.12. The van der Waals surface area contributed by atoms with E-state index in [1.54, 1.807) is 13.2 Å². The maximum Gasteiger partial charge on any atom is 0.0789 e. The van der Waals surface area contributed by atoms with Gasteiger partial charge in [0.15, 0.2) is 0 Å². The van der Waals surface area contributed by atoms with Crippen LogP contribution < -0.4 is 5.32 Å². The van der Waals surface area contributed by atoms with Crippen molar-refractivity contribution in [3.8, 4) is 0 Å². The minimum absolute atomic E-state index is 0.0335. The first-order valence-corrected chi connectivity index (χ1v) is 6.42. The maximum atomic E-state index is 6.24. The largest absolute Gasteiger partial charge is 0.379 e. The van der Waals surface area contributed by atoms with Crippen LogP contribution in [0, 0.1) is 5.92 Å². The molecule has 2 unspecified atom stereocenters. The van der Waals surface area contributed by atoms with E-state index in [2.05, 4.69) is 19.2 Å². The number of ether oxygens (including phenoxy) is 1. The zero-order valence-corrected chi connectivity index (χ0v) is 12.1. The van der Waals surface area contributed by atoms with E-state index < -0.39 is 0 Å². The van der Waals surface area contributed by atoms with Crippen molar-refractivity contribution in [1.82, 2.24) is 5.32 Å². The zero-order chi connectivity index (χ0) is 13.0. The summed E-state index contributed by atoms with van der Waals surface area (Å²) in [6, 6.07) is 5.70. The number of hydrogen-bond donors (Lipinski definition) is 1. The van der Waals surface area contributed by atoms with E-state index in [1.807, 2.05) is 19.2 Å². The molecule has 96 valence electrons. The summed E-state index contributed by atoms with van der Waals surface area (Å²) in [4.78, 5) is 0. The quantitative estimate of drug-likeness (QED) is 0.880. The molecule has 0 saturated carbocycles. The van der Waals surface area contributed by atoms with Crippen molar-refractivity contribution in [3.63, 3.8) is 0 Å². The van der Waals surface area contributed by atoms with Crippen molar-refractivity contribution in [2.75, 3.05) is 14.2 Å².